The molecule has 20 heavy (non-hydrogen) atoms. The Balaban J connectivity index is 2.50. The first kappa shape index (κ1) is 13.9. The van der Waals surface area contributed by atoms with Gasteiger partial charge < -0.3 is 14.5 Å². The zero-order valence-corrected chi connectivity index (χ0v) is 11.1. The number of benzene rings is 1. The number of carbonyl (C=O) groups excluding carboxylic acids is 1. The summed E-state index contributed by atoms with van der Waals surface area (Å²) in [7, 11) is 0. The van der Waals surface area contributed by atoms with Crippen LogP contribution >= 0.6 is 0 Å². The van der Waals surface area contributed by atoms with Crippen molar-refractivity contribution in [3.8, 4) is 5.75 Å². The molecule has 0 saturated heterocycles. The van der Waals surface area contributed by atoms with Crippen LogP contribution in [-0.4, -0.2) is 19.1 Å². The molecule has 0 saturated carbocycles. The van der Waals surface area contributed by atoms with Crippen molar-refractivity contribution in [1.82, 2.24) is 5.32 Å². The fourth-order valence-electron chi connectivity index (χ4n) is 1.81. The summed E-state index contributed by atoms with van der Waals surface area (Å²) in [5.74, 6) is 0.00233. The molecule has 2 aromatic rings. The van der Waals surface area contributed by atoms with Crippen molar-refractivity contribution in [3.05, 3.63) is 52.9 Å². The summed E-state index contributed by atoms with van der Waals surface area (Å²) in [5.41, 5.74) is -0.376. The standard InChI is InChI=1S/C15H15NO4/c1-3-8-16-14(17)11-9-10-6-5-7-12(19-4-2)13(10)20-15(11)18/h3,5-7,9H,1,4,8H2,2H3,(H,16,17). The van der Waals surface area contributed by atoms with Crippen LogP contribution in [0.15, 0.2) is 46.1 Å². The Bertz CT molecular complexity index is 703. The topological polar surface area (TPSA) is 68.5 Å². The molecule has 1 aromatic carbocycles. The molecule has 104 valence electrons. The third-order valence-corrected chi connectivity index (χ3v) is 2.68. The van der Waals surface area contributed by atoms with E-state index < -0.39 is 11.5 Å². The van der Waals surface area contributed by atoms with E-state index in [1.54, 1.807) is 18.2 Å². The van der Waals surface area contributed by atoms with Gasteiger partial charge in [-0.05, 0) is 19.1 Å². The molecule has 5 heteroatoms. The zero-order valence-electron chi connectivity index (χ0n) is 11.1. The average molecular weight is 273 g/mol. The minimum absolute atomic E-state index is 0.0343. The molecule has 0 fully saturated rings. The molecule has 1 heterocycles. The first-order valence-corrected chi connectivity index (χ1v) is 6.26. The fraction of sp³-hybridized carbons (Fsp3) is 0.200. The molecule has 2 rings (SSSR count). The number of carbonyl (C=O) groups is 1. The maximum absolute atomic E-state index is 11.9. The van der Waals surface area contributed by atoms with E-state index in [1.807, 2.05) is 6.92 Å². The SMILES string of the molecule is C=CCNC(=O)c1cc2cccc(OCC)c2oc1=O. The summed E-state index contributed by atoms with van der Waals surface area (Å²) in [6.07, 6.45) is 1.54. The minimum Gasteiger partial charge on any atom is -0.490 e. The quantitative estimate of drug-likeness (QED) is 0.669. The lowest BCUT2D eigenvalue weighted by molar-refractivity contribution is 0.0954. The highest BCUT2D eigenvalue weighted by molar-refractivity contribution is 5.97. The molecule has 1 aromatic heterocycles. The molecule has 0 atom stereocenters. The van der Waals surface area contributed by atoms with Crippen molar-refractivity contribution in [3.63, 3.8) is 0 Å². The van der Waals surface area contributed by atoms with Gasteiger partial charge in [0.25, 0.3) is 5.91 Å². The number of amides is 1. The number of rotatable bonds is 5. The highest BCUT2D eigenvalue weighted by atomic mass is 16.5. The molecular formula is C15H15NO4. The monoisotopic (exact) mass is 273 g/mol. The first-order valence-electron chi connectivity index (χ1n) is 6.26. The lowest BCUT2D eigenvalue weighted by Gasteiger charge is -2.07. The Kier molecular flexibility index (Phi) is 4.20. The van der Waals surface area contributed by atoms with Gasteiger partial charge in [0.15, 0.2) is 11.3 Å². The van der Waals surface area contributed by atoms with Gasteiger partial charge >= 0.3 is 5.63 Å². The van der Waals surface area contributed by atoms with E-state index in [0.717, 1.165) is 0 Å². The second-order valence-corrected chi connectivity index (χ2v) is 4.05. The molecule has 0 aliphatic carbocycles. The van der Waals surface area contributed by atoms with Crippen LogP contribution in [0.2, 0.25) is 0 Å². The second kappa shape index (κ2) is 6.06. The van der Waals surface area contributed by atoms with Gasteiger partial charge in [0.2, 0.25) is 0 Å². The van der Waals surface area contributed by atoms with Gasteiger partial charge in [-0.3, -0.25) is 4.79 Å². The molecule has 0 bridgehead atoms. The predicted octanol–water partition coefficient (Wildman–Crippen LogP) is 2.11. The third-order valence-electron chi connectivity index (χ3n) is 2.68. The van der Waals surface area contributed by atoms with Gasteiger partial charge in [-0.15, -0.1) is 6.58 Å². The Morgan fingerprint density at radius 2 is 2.30 bits per heavy atom. The van der Waals surface area contributed by atoms with Crippen LogP contribution in [0.25, 0.3) is 11.0 Å². The van der Waals surface area contributed by atoms with Crippen molar-refractivity contribution in [2.24, 2.45) is 0 Å². The minimum atomic E-state index is -0.689. The van der Waals surface area contributed by atoms with E-state index in [0.29, 0.717) is 23.3 Å². The zero-order chi connectivity index (χ0) is 14.5. The van der Waals surface area contributed by atoms with Crippen LogP contribution in [0.5, 0.6) is 5.75 Å². The Morgan fingerprint density at radius 3 is 3.00 bits per heavy atom. The number of para-hydroxylation sites is 1. The number of hydrogen-bond acceptors (Lipinski definition) is 4. The van der Waals surface area contributed by atoms with Crippen molar-refractivity contribution < 1.29 is 13.9 Å². The van der Waals surface area contributed by atoms with Crippen molar-refractivity contribution in [2.75, 3.05) is 13.2 Å². The molecular weight excluding hydrogens is 258 g/mol. The van der Waals surface area contributed by atoms with Gasteiger partial charge in [-0.25, -0.2) is 4.79 Å². The molecule has 0 unspecified atom stereocenters. The number of ether oxygens (including phenoxy) is 1. The van der Waals surface area contributed by atoms with E-state index in [1.165, 1.54) is 12.1 Å². The summed E-state index contributed by atoms with van der Waals surface area (Å²) in [6, 6.07) is 6.75. The predicted molar refractivity (Wildman–Crippen MR) is 76.2 cm³/mol. The van der Waals surface area contributed by atoms with Crippen LogP contribution < -0.4 is 15.7 Å². The molecule has 1 N–H and O–H groups in total. The van der Waals surface area contributed by atoms with E-state index >= 15 is 0 Å². The fourth-order valence-corrected chi connectivity index (χ4v) is 1.81. The molecule has 1 amide bonds. The Labute approximate surface area is 115 Å². The van der Waals surface area contributed by atoms with E-state index in [9.17, 15) is 9.59 Å². The lowest BCUT2D eigenvalue weighted by atomic mass is 10.1. The lowest BCUT2D eigenvalue weighted by Crippen LogP contribution is -2.28. The average Bonchev–Trinajstić information content (AvgIpc) is 2.45. The first-order chi connectivity index (χ1) is 9.67. The summed E-state index contributed by atoms with van der Waals surface area (Å²) >= 11 is 0. The normalized spacial score (nSPS) is 10.2. The van der Waals surface area contributed by atoms with Gasteiger partial charge in [0, 0.05) is 11.9 Å². The molecule has 0 aliphatic heterocycles. The third kappa shape index (κ3) is 2.71. The largest absolute Gasteiger partial charge is 0.490 e. The van der Waals surface area contributed by atoms with Crippen LogP contribution in [0.3, 0.4) is 0 Å². The molecule has 5 nitrogen and oxygen atoms in total. The van der Waals surface area contributed by atoms with Crippen LogP contribution in [0.1, 0.15) is 17.3 Å². The number of nitrogens with one attached hydrogen (secondary N) is 1. The summed E-state index contributed by atoms with van der Waals surface area (Å²) in [5, 5.41) is 3.18. The van der Waals surface area contributed by atoms with E-state index in [-0.39, 0.29) is 12.1 Å². The Hall–Kier alpha value is -2.56. The van der Waals surface area contributed by atoms with Crippen LogP contribution in [0.4, 0.5) is 0 Å². The molecule has 0 aliphatic rings. The molecule has 0 spiro atoms. The number of hydrogen-bond donors (Lipinski definition) is 1. The maximum Gasteiger partial charge on any atom is 0.349 e. The molecule has 0 radical (unpaired) electrons. The van der Waals surface area contributed by atoms with E-state index in [4.69, 9.17) is 9.15 Å². The smallest absolute Gasteiger partial charge is 0.349 e. The van der Waals surface area contributed by atoms with Gasteiger partial charge in [-0.2, -0.15) is 0 Å². The van der Waals surface area contributed by atoms with Crippen molar-refractivity contribution >= 4 is 16.9 Å². The second-order valence-electron chi connectivity index (χ2n) is 4.05. The summed E-state index contributed by atoms with van der Waals surface area (Å²) < 4.78 is 10.6. The van der Waals surface area contributed by atoms with Crippen molar-refractivity contribution in [2.45, 2.75) is 6.92 Å². The van der Waals surface area contributed by atoms with Gasteiger partial charge in [-0.1, -0.05) is 18.2 Å². The maximum atomic E-state index is 11.9. The number of fused-ring (bicyclic) bond motifs is 1. The summed E-state index contributed by atoms with van der Waals surface area (Å²) in [4.78, 5) is 23.7. The van der Waals surface area contributed by atoms with Crippen molar-refractivity contribution in [1.29, 1.82) is 0 Å². The highest BCUT2D eigenvalue weighted by Gasteiger charge is 2.14. The highest BCUT2D eigenvalue weighted by Crippen LogP contribution is 2.24. The van der Waals surface area contributed by atoms with Gasteiger partial charge in [0.1, 0.15) is 5.56 Å². The summed E-state index contributed by atoms with van der Waals surface area (Å²) in [6.45, 7) is 6.09. The van der Waals surface area contributed by atoms with Crippen LogP contribution in [0, 0.1) is 0 Å². The van der Waals surface area contributed by atoms with E-state index in [2.05, 4.69) is 11.9 Å². The van der Waals surface area contributed by atoms with Gasteiger partial charge in [0.05, 0.1) is 6.61 Å². The van der Waals surface area contributed by atoms with Crippen LogP contribution in [-0.2, 0) is 0 Å². The Morgan fingerprint density at radius 1 is 1.50 bits per heavy atom.